The van der Waals surface area contributed by atoms with Gasteiger partial charge in [-0.3, -0.25) is 0 Å². The quantitative estimate of drug-likeness (QED) is 0.851. The molecule has 0 bridgehead atoms. The summed E-state index contributed by atoms with van der Waals surface area (Å²) >= 11 is 5.92. The molecule has 1 aromatic carbocycles. The maximum atomic E-state index is 5.92. The van der Waals surface area contributed by atoms with Gasteiger partial charge in [0.1, 0.15) is 0 Å². The van der Waals surface area contributed by atoms with Gasteiger partial charge in [-0.15, -0.1) is 0 Å². The molecule has 0 saturated heterocycles. The zero-order valence-corrected chi connectivity index (χ0v) is 12.8. The molecule has 0 atom stereocenters. The van der Waals surface area contributed by atoms with Crippen LogP contribution in [0, 0.1) is 0 Å². The van der Waals surface area contributed by atoms with Gasteiger partial charge >= 0.3 is 6.01 Å². The molecule has 5 heteroatoms. The Labute approximate surface area is 124 Å². The van der Waals surface area contributed by atoms with Crippen molar-refractivity contribution in [1.82, 2.24) is 15.0 Å². The van der Waals surface area contributed by atoms with E-state index in [1.165, 1.54) is 5.56 Å². The molecule has 2 rings (SSSR count). The largest absolute Gasteiger partial charge is 0.461 e. The molecule has 0 saturated carbocycles. The normalized spacial score (nSPS) is 11.2. The SMILES string of the molecule is CC(C)Oc1nc(Cl)nc(-c2ccc(C(C)C)cc2)n1. The lowest BCUT2D eigenvalue weighted by atomic mass is 10.0. The molecule has 20 heavy (non-hydrogen) atoms. The Morgan fingerprint density at radius 2 is 1.60 bits per heavy atom. The van der Waals surface area contributed by atoms with Crippen molar-refractivity contribution >= 4 is 11.6 Å². The third-order valence-corrected chi connectivity index (χ3v) is 2.93. The van der Waals surface area contributed by atoms with E-state index < -0.39 is 0 Å². The second-order valence-corrected chi connectivity index (χ2v) is 5.49. The van der Waals surface area contributed by atoms with Crippen LogP contribution in [0.15, 0.2) is 24.3 Å². The summed E-state index contributed by atoms with van der Waals surface area (Å²) < 4.78 is 5.47. The van der Waals surface area contributed by atoms with Crippen LogP contribution < -0.4 is 4.74 Å². The van der Waals surface area contributed by atoms with Crippen LogP contribution in [0.5, 0.6) is 6.01 Å². The average molecular weight is 292 g/mol. The van der Waals surface area contributed by atoms with Crippen LogP contribution in [0.25, 0.3) is 11.4 Å². The summed E-state index contributed by atoms with van der Waals surface area (Å²) in [5.74, 6) is 1.02. The molecule has 0 aliphatic carbocycles. The summed E-state index contributed by atoms with van der Waals surface area (Å²) in [6.07, 6.45) is -0.00960. The Bertz CT molecular complexity index is 582. The lowest BCUT2D eigenvalue weighted by molar-refractivity contribution is 0.222. The Hall–Kier alpha value is -1.68. The van der Waals surface area contributed by atoms with Gasteiger partial charge in [0.25, 0.3) is 0 Å². The van der Waals surface area contributed by atoms with Gasteiger partial charge in [0.15, 0.2) is 5.82 Å². The van der Waals surface area contributed by atoms with Crippen molar-refractivity contribution in [2.75, 3.05) is 0 Å². The van der Waals surface area contributed by atoms with Gasteiger partial charge in [0, 0.05) is 5.56 Å². The van der Waals surface area contributed by atoms with Gasteiger partial charge < -0.3 is 4.74 Å². The third kappa shape index (κ3) is 3.67. The molecule has 0 radical (unpaired) electrons. The van der Waals surface area contributed by atoms with Crippen molar-refractivity contribution in [3.05, 3.63) is 35.1 Å². The van der Waals surface area contributed by atoms with Crippen molar-refractivity contribution in [2.24, 2.45) is 0 Å². The molecule has 0 aliphatic rings. The predicted octanol–water partition coefficient (Wildman–Crippen LogP) is 4.10. The van der Waals surface area contributed by atoms with Gasteiger partial charge in [-0.1, -0.05) is 38.1 Å². The fourth-order valence-corrected chi connectivity index (χ4v) is 1.89. The molecule has 4 nitrogen and oxygen atoms in total. The summed E-state index contributed by atoms with van der Waals surface area (Å²) in [4.78, 5) is 12.4. The van der Waals surface area contributed by atoms with E-state index in [2.05, 4.69) is 40.9 Å². The van der Waals surface area contributed by atoms with E-state index in [9.17, 15) is 0 Å². The highest BCUT2D eigenvalue weighted by Crippen LogP contribution is 2.22. The fourth-order valence-electron chi connectivity index (χ4n) is 1.74. The zero-order chi connectivity index (χ0) is 14.7. The monoisotopic (exact) mass is 291 g/mol. The molecule has 1 aromatic heterocycles. The minimum atomic E-state index is -0.00960. The van der Waals surface area contributed by atoms with Crippen LogP contribution in [-0.2, 0) is 0 Å². The molecule has 1 heterocycles. The smallest absolute Gasteiger partial charge is 0.321 e. The molecule has 106 valence electrons. The minimum absolute atomic E-state index is 0.00960. The molecule has 0 amide bonds. The fraction of sp³-hybridized carbons (Fsp3) is 0.400. The van der Waals surface area contributed by atoms with Crippen LogP contribution in [0.3, 0.4) is 0 Å². The van der Waals surface area contributed by atoms with E-state index in [1.54, 1.807) is 0 Å². The van der Waals surface area contributed by atoms with Crippen LogP contribution in [0.1, 0.15) is 39.2 Å². The van der Waals surface area contributed by atoms with E-state index in [0.717, 1.165) is 5.56 Å². The molecule has 2 aromatic rings. The minimum Gasteiger partial charge on any atom is -0.461 e. The first kappa shape index (κ1) is 14.7. The van der Waals surface area contributed by atoms with Gasteiger partial charge in [-0.25, -0.2) is 0 Å². The van der Waals surface area contributed by atoms with Crippen LogP contribution >= 0.6 is 11.6 Å². The molecule has 0 N–H and O–H groups in total. The summed E-state index contributed by atoms with van der Waals surface area (Å²) in [7, 11) is 0. The molecular formula is C15H18ClN3O. The molecule has 0 fully saturated rings. The average Bonchev–Trinajstić information content (AvgIpc) is 2.37. The van der Waals surface area contributed by atoms with Gasteiger partial charge in [0.2, 0.25) is 5.28 Å². The first-order valence-electron chi connectivity index (χ1n) is 6.64. The van der Waals surface area contributed by atoms with Crippen LogP contribution in [-0.4, -0.2) is 21.1 Å². The molecule has 0 unspecified atom stereocenters. The summed E-state index contributed by atoms with van der Waals surface area (Å²) in [6.45, 7) is 8.14. The van der Waals surface area contributed by atoms with Crippen molar-refractivity contribution in [1.29, 1.82) is 0 Å². The van der Waals surface area contributed by atoms with E-state index in [-0.39, 0.29) is 17.4 Å². The highest BCUT2D eigenvalue weighted by Gasteiger charge is 2.10. The lowest BCUT2D eigenvalue weighted by Crippen LogP contribution is -2.09. The highest BCUT2D eigenvalue weighted by molar-refractivity contribution is 6.28. The number of benzene rings is 1. The first-order chi connectivity index (χ1) is 9.45. The Balaban J connectivity index is 2.34. The molecular weight excluding hydrogens is 274 g/mol. The molecule has 0 spiro atoms. The summed E-state index contributed by atoms with van der Waals surface area (Å²) in [5.41, 5.74) is 2.17. The number of hydrogen-bond acceptors (Lipinski definition) is 4. The lowest BCUT2D eigenvalue weighted by Gasteiger charge is -2.09. The van der Waals surface area contributed by atoms with Crippen LogP contribution in [0.4, 0.5) is 0 Å². The number of rotatable bonds is 4. The number of nitrogens with zero attached hydrogens (tertiary/aromatic N) is 3. The number of hydrogen-bond donors (Lipinski definition) is 0. The predicted molar refractivity (Wildman–Crippen MR) is 80.1 cm³/mol. The van der Waals surface area contributed by atoms with E-state index in [4.69, 9.17) is 16.3 Å². The van der Waals surface area contributed by atoms with Crippen molar-refractivity contribution in [3.8, 4) is 17.4 Å². The highest BCUT2D eigenvalue weighted by atomic mass is 35.5. The zero-order valence-electron chi connectivity index (χ0n) is 12.1. The van der Waals surface area contributed by atoms with Crippen LogP contribution in [0.2, 0.25) is 5.28 Å². The maximum Gasteiger partial charge on any atom is 0.321 e. The summed E-state index contributed by atoms with van der Waals surface area (Å²) in [5, 5.41) is 0.138. The van der Waals surface area contributed by atoms with E-state index in [0.29, 0.717) is 11.7 Å². The second-order valence-electron chi connectivity index (χ2n) is 5.15. The molecule has 0 aliphatic heterocycles. The number of halogens is 1. The summed E-state index contributed by atoms with van der Waals surface area (Å²) in [6, 6.07) is 8.37. The first-order valence-corrected chi connectivity index (χ1v) is 7.02. The van der Waals surface area contributed by atoms with E-state index >= 15 is 0 Å². The number of aromatic nitrogens is 3. The van der Waals surface area contributed by atoms with Crippen molar-refractivity contribution < 1.29 is 4.74 Å². The standard InChI is InChI=1S/C15H18ClN3O/c1-9(2)11-5-7-12(8-6-11)13-17-14(16)19-15(18-13)20-10(3)4/h5-10H,1-4H3. The Morgan fingerprint density at radius 3 is 2.15 bits per heavy atom. The van der Waals surface area contributed by atoms with Gasteiger partial charge in [-0.05, 0) is 36.9 Å². The Morgan fingerprint density at radius 1 is 0.950 bits per heavy atom. The second kappa shape index (κ2) is 6.18. The van der Waals surface area contributed by atoms with Gasteiger partial charge in [0.05, 0.1) is 6.10 Å². The number of ether oxygens (including phenoxy) is 1. The maximum absolute atomic E-state index is 5.92. The van der Waals surface area contributed by atoms with Gasteiger partial charge in [-0.2, -0.15) is 15.0 Å². The Kier molecular flexibility index (Phi) is 4.55. The topological polar surface area (TPSA) is 47.9 Å². The third-order valence-electron chi connectivity index (χ3n) is 2.76. The van der Waals surface area contributed by atoms with Crippen molar-refractivity contribution in [3.63, 3.8) is 0 Å². The van der Waals surface area contributed by atoms with Crippen molar-refractivity contribution in [2.45, 2.75) is 39.7 Å². The van der Waals surface area contributed by atoms with E-state index in [1.807, 2.05) is 26.0 Å².